The summed E-state index contributed by atoms with van der Waals surface area (Å²) in [5, 5.41) is 8.59. The lowest BCUT2D eigenvalue weighted by Gasteiger charge is -2.07. The molecular formula is C13H16O3S. The number of rotatable bonds is 4. The fourth-order valence-corrected chi connectivity index (χ4v) is 2.51. The molecule has 3 nitrogen and oxygen atoms in total. The predicted octanol–water partition coefficient (Wildman–Crippen LogP) is 1.65. The summed E-state index contributed by atoms with van der Waals surface area (Å²) in [7, 11) is 0. The van der Waals surface area contributed by atoms with Gasteiger partial charge >= 0.3 is 0 Å². The maximum absolute atomic E-state index is 8.59. The highest BCUT2D eigenvalue weighted by atomic mass is 32.1. The number of thiophene rings is 1. The molecule has 1 fully saturated rings. The van der Waals surface area contributed by atoms with E-state index in [9.17, 15) is 0 Å². The Balaban J connectivity index is 1.73. The summed E-state index contributed by atoms with van der Waals surface area (Å²) in [6.45, 7) is 3.02. The molecule has 1 aromatic rings. The molecule has 1 aromatic heterocycles. The van der Waals surface area contributed by atoms with E-state index in [0.29, 0.717) is 12.5 Å². The first-order chi connectivity index (χ1) is 8.38. The second kappa shape index (κ2) is 6.77. The van der Waals surface area contributed by atoms with Crippen molar-refractivity contribution in [2.24, 2.45) is 5.92 Å². The zero-order valence-corrected chi connectivity index (χ0v) is 10.5. The molecule has 1 saturated heterocycles. The van der Waals surface area contributed by atoms with Crippen molar-refractivity contribution in [3.63, 3.8) is 0 Å². The first-order valence-corrected chi connectivity index (χ1v) is 6.54. The Kier molecular flexibility index (Phi) is 5.02. The highest BCUT2D eigenvalue weighted by molar-refractivity contribution is 7.12. The van der Waals surface area contributed by atoms with Gasteiger partial charge in [-0.3, -0.25) is 0 Å². The Morgan fingerprint density at radius 3 is 3.24 bits per heavy atom. The number of aliphatic hydroxyl groups is 1. The minimum absolute atomic E-state index is 0.0919. The van der Waals surface area contributed by atoms with E-state index in [1.165, 1.54) is 4.88 Å². The second-order valence-corrected chi connectivity index (χ2v) is 5.14. The molecule has 1 aliphatic rings. The molecule has 1 unspecified atom stereocenters. The van der Waals surface area contributed by atoms with Gasteiger partial charge in [0.15, 0.2) is 0 Å². The number of hydrogen-bond acceptors (Lipinski definition) is 4. The topological polar surface area (TPSA) is 38.7 Å². The lowest BCUT2D eigenvalue weighted by atomic mass is 10.1. The number of aliphatic hydroxyl groups excluding tert-OH is 1. The summed E-state index contributed by atoms with van der Waals surface area (Å²) < 4.78 is 10.9. The summed E-state index contributed by atoms with van der Waals surface area (Å²) >= 11 is 1.61. The normalized spacial score (nSPS) is 19.0. The maximum atomic E-state index is 8.59. The Morgan fingerprint density at radius 2 is 2.47 bits per heavy atom. The van der Waals surface area contributed by atoms with Crippen LogP contribution in [0.25, 0.3) is 0 Å². The van der Waals surface area contributed by atoms with Crippen LogP contribution in [0.3, 0.4) is 0 Å². The van der Waals surface area contributed by atoms with Gasteiger partial charge in [0.25, 0.3) is 0 Å². The Hall–Kier alpha value is -0.860. The van der Waals surface area contributed by atoms with Crippen LogP contribution in [0, 0.1) is 17.8 Å². The highest BCUT2D eigenvalue weighted by Crippen LogP contribution is 2.18. The molecule has 2 rings (SSSR count). The van der Waals surface area contributed by atoms with Crippen LogP contribution in [-0.4, -0.2) is 31.5 Å². The Bertz CT molecular complexity index is 396. The summed E-state index contributed by atoms with van der Waals surface area (Å²) in [6.07, 6.45) is 1.11. The van der Waals surface area contributed by atoms with Gasteiger partial charge in [-0.15, -0.1) is 11.3 Å². The monoisotopic (exact) mass is 252 g/mol. The van der Waals surface area contributed by atoms with Crippen LogP contribution >= 0.6 is 11.3 Å². The second-order valence-electron chi connectivity index (χ2n) is 3.97. The molecule has 1 N–H and O–H groups in total. The summed E-state index contributed by atoms with van der Waals surface area (Å²) in [6, 6.07) is 3.99. The average Bonchev–Trinajstić information content (AvgIpc) is 2.98. The molecule has 0 spiro atoms. The van der Waals surface area contributed by atoms with E-state index >= 15 is 0 Å². The van der Waals surface area contributed by atoms with Gasteiger partial charge in [-0.25, -0.2) is 0 Å². The molecular weight excluding hydrogens is 236 g/mol. The summed E-state index contributed by atoms with van der Waals surface area (Å²) in [4.78, 5) is 2.15. The van der Waals surface area contributed by atoms with Gasteiger partial charge in [-0.1, -0.05) is 11.8 Å². The standard InChI is InChI=1S/C13H16O3S/c14-6-1-2-12-3-4-13(17-12)10-16-9-11-5-7-15-8-11/h3-4,11,14H,5-10H2. The van der Waals surface area contributed by atoms with Crippen molar-refractivity contribution in [2.45, 2.75) is 13.0 Å². The first-order valence-electron chi connectivity index (χ1n) is 5.72. The van der Waals surface area contributed by atoms with Gasteiger partial charge < -0.3 is 14.6 Å². The first kappa shape index (κ1) is 12.6. The average molecular weight is 252 g/mol. The fraction of sp³-hybridized carbons (Fsp3) is 0.538. The van der Waals surface area contributed by atoms with E-state index in [2.05, 4.69) is 11.8 Å². The fourth-order valence-electron chi connectivity index (χ4n) is 1.69. The van der Waals surface area contributed by atoms with Gasteiger partial charge in [0, 0.05) is 17.4 Å². The third kappa shape index (κ3) is 4.14. The van der Waals surface area contributed by atoms with Crippen LogP contribution in [0.1, 0.15) is 16.2 Å². The van der Waals surface area contributed by atoms with Crippen molar-refractivity contribution < 1.29 is 14.6 Å². The van der Waals surface area contributed by atoms with Gasteiger partial charge in [0.05, 0.1) is 24.7 Å². The Morgan fingerprint density at radius 1 is 1.53 bits per heavy atom. The van der Waals surface area contributed by atoms with Crippen molar-refractivity contribution in [1.82, 2.24) is 0 Å². The molecule has 0 aromatic carbocycles. The molecule has 0 aliphatic carbocycles. The number of ether oxygens (including phenoxy) is 2. The zero-order chi connectivity index (χ0) is 11.9. The van der Waals surface area contributed by atoms with Crippen LogP contribution in [0.5, 0.6) is 0 Å². The lowest BCUT2D eigenvalue weighted by molar-refractivity contribution is 0.0806. The summed E-state index contributed by atoms with van der Waals surface area (Å²) in [5.41, 5.74) is 0. The molecule has 4 heteroatoms. The van der Waals surface area contributed by atoms with Gasteiger partial charge in [0.2, 0.25) is 0 Å². The van der Waals surface area contributed by atoms with E-state index in [4.69, 9.17) is 14.6 Å². The largest absolute Gasteiger partial charge is 0.384 e. The molecule has 0 amide bonds. The SMILES string of the molecule is OCC#Cc1ccc(COCC2CCOC2)s1. The molecule has 0 radical (unpaired) electrons. The molecule has 1 atom stereocenters. The van der Waals surface area contributed by atoms with Crippen LogP contribution < -0.4 is 0 Å². The van der Waals surface area contributed by atoms with Gasteiger partial charge in [0.1, 0.15) is 6.61 Å². The molecule has 17 heavy (non-hydrogen) atoms. The lowest BCUT2D eigenvalue weighted by Crippen LogP contribution is -2.08. The van der Waals surface area contributed by atoms with Crippen molar-refractivity contribution in [3.8, 4) is 11.8 Å². The van der Waals surface area contributed by atoms with E-state index < -0.39 is 0 Å². The van der Waals surface area contributed by atoms with Crippen LogP contribution in [0.2, 0.25) is 0 Å². The van der Waals surface area contributed by atoms with Crippen molar-refractivity contribution in [2.75, 3.05) is 26.4 Å². The van der Waals surface area contributed by atoms with Gasteiger partial charge in [-0.05, 0) is 18.6 Å². The van der Waals surface area contributed by atoms with E-state index in [-0.39, 0.29) is 6.61 Å². The van der Waals surface area contributed by atoms with Crippen LogP contribution in [0.15, 0.2) is 12.1 Å². The third-order valence-electron chi connectivity index (χ3n) is 2.57. The molecule has 92 valence electrons. The third-order valence-corrected chi connectivity index (χ3v) is 3.55. The zero-order valence-electron chi connectivity index (χ0n) is 9.65. The predicted molar refractivity (Wildman–Crippen MR) is 66.9 cm³/mol. The Labute approximate surface area is 105 Å². The van der Waals surface area contributed by atoms with Crippen molar-refractivity contribution in [1.29, 1.82) is 0 Å². The van der Waals surface area contributed by atoms with E-state index in [1.807, 2.05) is 12.1 Å². The van der Waals surface area contributed by atoms with E-state index in [0.717, 1.165) is 31.1 Å². The summed E-state index contributed by atoms with van der Waals surface area (Å²) in [5.74, 6) is 6.09. The van der Waals surface area contributed by atoms with Crippen LogP contribution in [0.4, 0.5) is 0 Å². The maximum Gasteiger partial charge on any atom is 0.104 e. The van der Waals surface area contributed by atoms with Crippen LogP contribution in [-0.2, 0) is 16.1 Å². The molecule has 2 heterocycles. The van der Waals surface area contributed by atoms with Crippen molar-refractivity contribution >= 4 is 11.3 Å². The minimum Gasteiger partial charge on any atom is -0.384 e. The quantitative estimate of drug-likeness (QED) is 0.828. The van der Waals surface area contributed by atoms with E-state index in [1.54, 1.807) is 11.3 Å². The molecule has 0 saturated carbocycles. The smallest absolute Gasteiger partial charge is 0.104 e. The molecule has 1 aliphatic heterocycles. The van der Waals surface area contributed by atoms with Gasteiger partial charge in [-0.2, -0.15) is 0 Å². The number of hydrogen-bond donors (Lipinski definition) is 1. The minimum atomic E-state index is -0.0919. The van der Waals surface area contributed by atoms with Crippen molar-refractivity contribution in [3.05, 3.63) is 21.9 Å². The highest BCUT2D eigenvalue weighted by Gasteiger charge is 2.15. The molecule has 0 bridgehead atoms.